The number of carbonyl (C=O) groups is 1. The van der Waals surface area contributed by atoms with Gasteiger partial charge in [0.2, 0.25) is 5.75 Å². The Kier molecular flexibility index (Phi) is 5.98. The standard InChI is InChI=1S/C25H28N2O4/c1-15-9-10-20-18(11-15)23(17-7-5-6-8-19(17)27-20)25(28)26-14-16-12-21(29-2)24(31-4)22(13-16)30-3/h5-8,12-13,15H,9-11,14H2,1-4H3,(H,26,28)/t15-/m1/s1. The maximum Gasteiger partial charge on any atom is 0.252 e. The molecule has 2 aromatic carbocycles. The number of aryl methyl sites for hydroxylation is 1. The molecule has 1 N–H and O–H groups in total. The van der Waals surface area contributed by atoms with Gasteiger partial charge in [-0.3, -0.25) is 9.78 Å². The zero-order chi connectivity index (χ0) is 22.0. The van der Waals surface area contributed by atoms with E-state index in [0.717, 1.165) is 52.5 Å². The summed E-state index contributed by atoms with van der Waals surface area (Å²) in [6, 6.07) is 11.6. The Morgan fingerprint density at radius 2 is 1.81 bits per heavy atom. The highest BCUT2D eigenvalue weighted by Crippen LogP contribution is 2.38. The maximum atomic E-state index is 13.4. The molecule has 1 amide bonds. The molecule has 0 aliphatic heterocycles. The molecule has 0 saturated heterocycles. The van der Waals surface area contributed by atoms with Gasteiger partial charge in [-0.25, -0.2) is 0 Å². The molecule has 0 saturated carbocycles. The first-order chi connectivity index (χ1) is 15.0. The lowest BCUT2D eigenvalue weighted by molar-refractivity contribution is 0.0951. The van der Waals surface area contributed by atoms with Gasteiger partial charge in [0.05, 0.1) is 32.4 Å². The number of hydrogen-bond acceptors (Lipinski definition) is 5. The average molecular weight is 421 g/mol. The topological polar surface area (TPSA) is 69.7 Å². The van der Waals surface area contributed by atoms with Crippen LogP contribution in [0.15, 0.2) is 36.4 Å². The van der Waals surface area contributed by atoms with Gasteiger partial charge in [-0.05, 0) is 54.5 Å². The number of benzene rings is 2. The van der Waals surface area contributed by atoms with Gasteiger partial charge in [-0.2, -0.15) is 0 Å². The quantitative estimate of drug-likeness (QED) is 0.643. The smallest absolute Gasteiger partial charge is 0.252 e. The van der Waals surface area contributed by atoms with Crippen molar-refractivity contribution < 1.29 is 19.0 Å². The normalized spacial score (nSPS) is 15.3. The summed E-state index contributed by atoms with van der Waals surface area (Å²) in [6.45, 7) is 2.58. The molecule has 0 fully saturated rings. The van der Waals surface area contributed by atoms with Crippen molar-refractivity contribution >= 4 is 16.8 Å². The lowest BCUT2D eigenvalue weighted by atomic mass is 9.84. The van der Waals surface area contributed by atoms with Gasteiger partial charge in [-0.1, -0.05) is 25.1 Å². The number of rotatable bonds is 6. The Labute approximate surface area is 182 Å². The lowest BCUT2D eigenvalue weighted by Crippen LogP contribution is -2.27. The number of para-hydroxylation sites is 1. The first-order valence-corrected chi connectivity index (χ1v) is 10.5. The van der Waals surface area contributed by atoms with E-state index in [1.54, 1.807) is 21.3 Å². The number of nitrogens with zero attached hydrogens (tertiary/aromatic N) is 1. The number of carbonyl (C=O) groups excluding carboxylic acids is 1. The first-order valence-electron chi connectivity index (χ1n) is 10.5. The van der Waals surface area contributed by atoms with Crippen molar-refractivity contribution in [3.05, 3.63) is 58.8 Å². The van der Waals surface area contributed by atoms with Crippen LogP contribution in [-0.4, -0.2) is 32.2 Å². The summed E-state index contributed by atoms with van der Waals surface area (Å²) in [5.41, 5.74) is 4.62. The second kappa shape index (κ2) is 8.84. The molecule has 1 aliphatic carbocycles. The molecule has 3 aromatic rings. The number of amides is 1. The lowest BCUT2D eigenvalue weighted by Gasteiger charge is -2.24. The summed E-state index contributed by atoms with van der Waals surface area (Å²) in [7, 11) is 4.73. The van der Waals surface area contributed by atoms with E-state index in [4.69, 9.17) is 19.2 Å². The largest absolute Gasteiger partial charge is 0.493 e. The molecule has 1 heterocycles. The summed E-state index contributed by atoms with van der Waals surface area (Å²) in [6.07, 6.45) is 2.89. The first kappa shape index (κ1) is 21.0. The number of aromatic nitrogens is 1. The van der Waals surface area contributed by atoms with Crippen LogP contribution in [0.3, 0.4) is 0 Å². The molecule has 0 radical (unpaired) electrons. The van der Waals surface area contributed by atoms with E-state index in [9.17, 15) is 4.79 Å². The zero-order valence-corrected chi connectivity index (χ0v) is 18.5. The van der Waals surface area contributed by atoms with Crippen molar-refractivity contribution in [2.24, 2.45) is 5.92 Å². The monoisotopic (exact) mass is 420 g/mol. The van der Waals surface area contributed by atoms with Crippen molar-refractivity contribution in [3.8, 4) is 17.2 Å². The van der Waals surface area contributed by atoms with Gasteiger partial charge in [0.25, 0.3) is 5.91 Å². The van der Waals surface area contributed by atoms with Crippen LogP contribution >= 0.6 is 0 Å². The van der Waals surface area contributed by atoms with Crippen LogP contribution in [0.25, 0.3) is 10.9 Å². The third kappa shape index (κ3) is 4.02. The van der Waals surface area contributed by atoms with Crippen molar-refractivity contribution in [2.45, 2.75) is 32.7 Å². The molecular formula is C25H28N2O4. The molecule has 4 rings (SSSR count). The van der Waals surface area contributed by atoms with Gasteiger partial charge in [0.15, 0.2) is 11.5 Å². The van der Waals surface area contributed by atoms with Crippen molar-refractivity contribution in [1.29, 1.82) is 0 Å². The second-order valence-corrected chi connectivity index (χ2v) is 7.99. The van der Waals surface area contributed by atoms with Crippen LogP contribution < -0.4 is 19.5 Å². The summed E-state index contributed by atoms with van der Waals surface area (Å²) in [4.78, 5) is 18.3. The van der Waals surface area contributed by atoms with Crippen LogP contribution in [0.1, 0.15) is 40.5 Å². The van der Waals surface area contributed by atoms with Gasteiger partial charge in [0, 0.05) is 17.6 Å². The molecule has 162 valence electrons. The molecule has 6 heteroatoms. The summed E-state index contributed by atoms with van der Waals surface area (Å²) in [5, 5.41) is 3.99. The summed E-state index contributed by atoms with van der Waals surface area (Å²) < 4.78 is 16.2. The average Bonchev–Trinajstić information content (AvgIpc) is 2.80. The summed E-state index contributed by atoms with van der Waals surface area (Å²) >= 11 is 0. The Morgan fingerprint density at radius 1 is 1.10 bits per heavy atom. The highest BCUT2D eigenvalue weighted by molar-refractivity contribution is 6.07. The van der Waals surface area contributed by atoms with E-state index in [-0.39, 0.29) is 5.91 Å². The maximum absolute atomic E-state index is 13.4. The fourth-order valence-electron chi connectivity index (χ4n) is 4.33. The van der Waals surface area contributed by atoms with E-state index in [1.807, 2.05) is 36.4 Å². The van der Waals surface area contributed by atoms with Crippen LogP contribution in [0.4, 0.5) is 0 Å². The fourth-order valence-corrected chi connectivity index (χ4v) is 4.33. The SMILES string of the molecule is COc1cc(CNC(=O)c2c3c(nc4ccccc24)CC[C@@H](C)C3)cc(OC)c1OC. The fraction of sp³-hybridized carbons (Fsp3) is 0.360. The van der Waals surface area contributed by atoms with E-state index < -0.39 is 0 Å². The Hall–Kier alpha value is -3.28. The van der Waals surface area contributed by atoms with Crippen LogP contribution in [0, 0.1) is 5.92 Å². The number of hydrogen-bond donors (Lipinski definition) is 1. The molecule has 6 nitrogen and oxygen atoms in total. The Balaban J connectivity index is 1.68. The molecule has 1 aromatic heterocycles. The number of pyridine rings is 1. The highest BCUT2D eigenvalue weighted by Gasteiger charge is 2.25. The molecule has 0 bridgehead atoms. The molecular weight excluding hydrogens is 392 g/mol. The molecule has 0 unspecified atom stereocenters. The second-order valence-electron chi connectivity index (χ2n) is 7.99. The van der Waals surface area contributed by atoms with E-state index >= 15 is 0 Å². The molecule has 1 aliphatic rings. The Morgan fingerprint density at radius 3 is 2.48 bits per heavy atom. The van der Waals surface area contributed by atoms with Crippen molar-refractivity contribution in [1.82, 2.24) is 10.3 Å². The molecule has 1 atom stereocenters. The van der Waals surface area contributed by atoms with Crippen LogP contribution in [-0.2, 0) is 19.4 Å². The van der Waals surface area contributed by atoms with Crippen molar-refractivity contribution in [3.63, 3.8) is 0 Å². The number of fused-ring (bicyclic) bond motifs is 2. The highest BCUT2D eigenvalue weighted by atomic mass is 16.5. The summed E-state index contributed by atoms with van der Waals surface area (Å²) in [5.74, 6) is 2.11. The number of nitrogens with one attached hydrogen (secondary N) is 1. The molecule has 0 spiro atoms. The zero-order valence-electron chi connectivity index (χ0n) is 18.5. The van der Waals surface area contributed by atoms with E-state index in [2.05, 4.69) is 12.2 Å². The third-order valence-corrected chi connectivity index (χ3v) is 5.91. The van der Waals surface area contributed by atoms with Crippen molar-refractivity contribution in [2.75, 3.05) is 21.3 Å². The predicted molar refractivity (Wildman–Crippen MR) is 120 cm³/mol. The Bertz CT molecular complexity index is 1100. The number of methoxy groups -OCH3 is 3. The van der Waals surface area contributed by atoms with Gasteiger partial charge in [-0.15, -0.1) is 0 Å². The predicted octanol–water partition coefficient (Wildman–Crippen LogP) is 4.32. The molecule has 31 heavy (non-hydrogen) atoms. The van der Waals surface area contributed by atoms with Crippen LogP contribution in [0.2, 0.25) is 0 Å². The van der Waals surface area contributed by atoms with Gasteiger partial charge >= 0.3 is 0 Å². The minimum atomic E-state index is -0.0855. The van der Waals surface area contributed by atoms with Gasteiger partial charge in [0.1, 0.15) is 0 Å². The number of ether oxygens (including phenoxy) is 3. The third-order valence-electron chi connectivity index (χ3n) is 5.91. The van der Waals surface area contributed by atoms with E-state index in [0.29, 0.717) is 29.7 Å². The van der Waals surface area contributed by atoms with Gasteiger partial charge < -0.3 is 19.5 Å². The minimum Gasteiger partial charge on any atom is -0.493 e. The van der Waals surface area contributed by atoms with Crippen LogP contribution in [0.5, 0.6) is 17.2 Å². The minimum absolute atomic E-state index is 0.0855. The van der Waals surface area contributed by atoms with E-state index in [1.165, 1.54) is 0 Å².